The first-order chi connectivity index (χ1) is 7.14. The maximum atomic E-state index is 2.63. The highest BCUT2D eigenvalue weighted by Crippen LogP contribution is 2.49. The Morgan fingerprint density at radius 3 is 2.20 bits per heavy atom. The molecule has 0 bridgehead atoms. The molecular weight excluding hydrogens is 182 g/mol. The molecule has 1 saturated carbocycles. The first-order valence-electron chi connectivity index (χ1n) is 6.85. The van der Waals surface area contributed by atoms with Crippen LogP contribution < -0.4 is 0 Å². The van der Waals surface area contributed by atoms with Crippen molar-refractivity contribution in [1.82, 2.24) is 4.90 Å². The first kappa shape index (κ1) is 13.0. The van der Waals surface area contributed by atoms with Gasteiger partial charge in [-0.3, -0.25) is 0 Å². The largest absolute Gasteiger partial charge is 0.301 e. The van der Waals surface area contributed by atoms with Crippen molar-refractivity contribution in [3.05, 3.63) is 0 Å². The van der Waals surface area contributed by atoms with Crippen LogP contribution in [0, 0.1) is 11.8 Å². The fraction of sp³-hybridized carbons (Fsp3) is 1.00. The summed E-state index contributed by atoms with van der Waals surface area (Å²) in [5.74, 6) is 1.92. The van der Waals surface area contributed by atoms with Crippen molar-refractivity contribution in [2.24, 2.45) is 11.8 Å². The summed E-state index contributed by atoms with van der Waals surface area (Å²) in [7, 11) is 2.33. The van der Waals surface area contributed by atoms with Crippen LogP contribution in [-0.4, -0.2) is 24.0 Å². The summed E-state index contributed by atoms with van der Waals surface area (Å²) >= 11 is 0. The van der Waals surface area contributed by atoms with Gasteiger partial charge in [0.25, 0.3) is 0 Å². The Balaban J connectivity index is 0.000000531. The zero-order valence-corrected chi connectivity index (χ0v) is 11.3. The van der Waals surface area contributed by atoms with Crippen LogP contribution in [0.25, 0.3) is 0 Å². The molecule has 0 atom stereocenters. The van der Waals surface area contributed by atoms with Gasteiger partial charge in [0, 0.05) is 5.54 Å². The summed E-state index contributed by atoms with van der Waals surface area (Å²) in [5, 5.41) is 0. The molecule has 2 fully saturated rings. The van der Waals surface area contributed by atoms with E-state index in [4.69, 9.17) is 0 Å². The number of likely N-dealkylation sites (tertiary alicyclic amines) is 1. The molecule has 0 aromatic rings. The molecule has 15 heavy (non-hydrogen) atoms. The van der Waals surface area contributed by atoms with Gasteiger partial charge in [-0.05, 0) is 51.1 Å². The number of hydrogen-bond donors (Lipinski definition) is 0. The highest BCUT2D eigenvalue weighted by atomic mass is 15.2. The van der Waals surface area contributed by atoms with Crippen molar-refractivity contribution in [2.75, 3.05) is 13.6 Å². The Labute approximate surface area is 96.2 Å². The van der Waals surface area contributed by atoms with E-state index >= 15 is 0 Å². The summed E-state index contributed by atoms with van der Waals surface area (Å²) in [6.07, 6.45) is 7.30. The zero-order valence-electron chi connectivity index (χ0n) is 11.3. The second kappa shape index (κ2) is 5.34. The number of rotatable bonds is 1. The fourth-order valence-electron chi connectivity index (χ4n) is 3.13. The van der Waals surface area contributed by atoms with E-state index in [-0.39, 0.29) is 0 Å². The summed E-state index contributed by atoms with van der Waals surface area (Å²) in [6, 6.07) is 0. The van der Waals surface area contributed by atoms with Gasteiger partial charge in [-0.1, -0.05) is 34.1 Å². The number of nitrogens with zero attached hydrogens (tertiary/aromatic N) is 1. The standard InChI is InChI=1S/C12H23N.C2H6/c1-10(2)11-8-12(9-11)6-4-5-7-13(12)3;1-2/h10-11H,4-9H2,1-3H3;1-2H3. The summed E-state index contributed by atoms with van der Waals surface area (Å²) in [5.41, 5.74) is 0.646. The molecule has 1 saturated heterocycles. The Kier molecular flexibility index (Phi) is 4.64. The van der Waals surface area contributed by atoms with Gasteiger partial charge < -0.3 is 4.90 Å². The molecule has 1 heterocycles. The Hall–Kier alpha value is -0.0400. The third-order valence-electron chi connectivity index (χ3n) is 4.42. The second-order valence-corrected chi connectivity index (χ2v) is 5.52. The molecule has 1 heteroatoms. The quantitative estimate of drug-likeness (QED) is 0.635. The van der Waals surface area contributed by atoms with E-state index in [2.05, 4.69) is 25.8 Å². The molecule has 0 aromatic carbocycles. The van der Waals surface area contributed by atoms with E-state index in [0.717, 1.165) is 11.8 Å². The van der Waals surface area contributed by atoms with Gasteiger partial charge in [0.2, 0.25) is 0 Å². The number of piperidine rings is 1. The molecule has 1 spiro atoms. The second-order valence-electron chi connectivity index (χ2n) is 5.52. The minimum Gasteiger partial charge on any atom is -0.301 e. The molecule has 0 unspecified atom stereocenters. The highest BCUT2D eigenvalue weighted by molar-refractivity contribution is 5.03. The SMILES string of the molecule is CC.CC(C)C1CC2(CCCCN2C)C1. The van der Waals surface area contributed by atoms with Crippen LogP contribution in [0.3, 0.4) is 0 Å². The van der Waals surface area contributed by atoms with E-state index < -0.39 is 0 Å². The average Bonchev–Trinajstić information content (AvgIpc) is 2.18. The van der Waals surface area contributed by atoms with Crippen LogP contribution in [0.15, 0.2) is 0 Å². The van der Waals surface area contributed by atoms with E-state index in [1.54, 1.807) is 0 Å². The van der Waals surface area contributed by atoms with Crippen LogP contribution >= 0.6 is 0 Å². The topological polar surface area (TPSA) is 3.24 Å². The molecule has 0 radical (unpaired) electrons. The third kappa shape index (κ3) is 2.55. The van der Waals surface area contributed by atoms with Gasteiger partial charge in [0.05, 0.1) is 0 Å². The van der Waals surface area contributed by atoms with E-state index in [9.17, 15) is 0 Å². The fourth-order valence-corrected chi connectivity index (χ4v) is 3.13. The van der Waals surface area contributed by atoms with Gasteiger partial charge >= 0.3 is 0 Å². The van der Waals surface area contributed by atoms with Crippen molar-refractivity contribution in [1.29, 1.82) is 0 Å². The molecule has 0 N–H and O–H groups in total. The lowest BCUT2D eigenvalue weighted by molar-refractivity contribution is -0.0515. The summed E-state index contributed by atoms with van der Waals surface area (Å²) in [6.45, 7) is 10.1. The Morgan fingerprint density at radius 2 is 1.73 bits per heavy atom. The molecule has 90 valence electrons. The van der Waals surface area contributed by atoms with Crippen LogP contribution in [0.5, 0.6) is 0 Å². The van der Waals surface area contributed by atoms with Crippen LogP contribution in [0.4, 0.5) is 0 Å². The van der Waals surface area contributed by atoms with Crippen molar-refractivity contribution in [2.45, 2.75) is 65.3 Å². The third-order valence-corrected chi connectivity index (χ3v) is 4.42. The molecular formula is C14H29N. The van der Waals surface area contributed by atoms with E-state index in [1.165, 1.54) is 38.6 Å². The van der Waals surface area contributed by atoms with Gasteiger partial charge in [-0.25, -0.2) is 0 Å². The van der Waals surface area contributed by atoms with Gasteiger partial charge in [-0.2, -0.15) is 0 Å². The van der Waals surface area contributed by atoms with Crippen LogP contribution in [-0.2, 0) is 0 Å². The lowest BCUT2D eigenvalue weighted by Gasteiger charge is -2.57. The van der Waals surface area contributed by atoms with Crippen LogP contribution in [0.1, 0.15) is 59.8 Å². The minimum atomic E-state index is 0.646. The van der Waals surface area contributed by atoms with E-state index in [0.29, 0.717) is 5.54 Å². The predicted octanol–water partition coefficient (Wildman–Crippen LogP) is 3.93. The van der Waals surface area contributed by atoms with Crippen molar-refractivity contribution in [3.63, 3.8) is 0 Å². The van der Waals surface area contributed by atoms with Crippen molar-refractivity contribution in [3.8, 4) is 0 Å². The molecule has 0 amide bonds. The first-order valence-corrected chi connectivity index (χ1v) is 6.85. The summed E-state index contributed by atoms with van der Waals surface area (Å²) in [4.78, 5) is 2.63. The average molecular weight is 211 g/mol. The molecule has 2 rings (SSSR count). The molecule has 1 aliphatic carbocycles. The molecule has 1 nitrogen and oxygen atoms in total. The van der Waals surface area contributed by atoms with Crippen LogP contribution in [0.2, 0.25) is 0 Å². The maximum Gasteiger partial charge on any atom is 0.0212 e. The lowest BCUT2D eigenvalue weighted by atomic mass is 9.60. The highest BCUT2D eigenvalue weighted by Gasteiger charge is 2.48. The maximum absolute atomic E-state index is 2.63. The summed E-state index contributed by atoms with van der Waals surface area (Å²) < 4.78 is 0. The molecule has 1 aliphatic heterocycles. The van der Waals surface area contributed by atoms with Gasteiger partial charge in [-0.15, -0.1) is 0 Å². The van der Waals surface area contributed by atoms with Crippen molar-refractivity contribution >= 4 is 0 Å². The lowest BCUT2D eigenvalue weighted by Crippen LogP contribution is -2.58. The predicted molar refractivity (Wildman–Crippen MR) is 68.1 cm³/mol. The van der Waals surface area contributed by atoms with Crippen molar-refractivity contribution < 1.29 is 0 Å². The Morgan fingerprint density at radius 1 is 1.13 bits per heavy atom. The van der Waals surface area contributed by atoms with Gasteiger partial charge in [0.15, 0.2) is 0 Å². The smallest absolute Gasteiger partial charge is 0.0212 e. The monoisotopic (exact) mass is 211 g/mol. The minimum absolute atomic E-state index is 0.646. The molecule has 0 aromatic heterocycles. The Bertz CT molecular complexity index is 180. The molecule has 2 aliphatic rings. The van der Waals surface area contributed by atoms with E-state index in [1.807, 2.05) is 13.8 Å². The number of hydrogen-bond acceptors (Lipinski definition) is 1. The zero-order chi connectivity index (χ0) is 11.5. The van der Waals surface area contributed by atoms with Gasteiger partial charge in [0.1, 0.15) is 0 Å². The normalized spacial score (nSPS) is 36.0.